The molecule has 3 nitrogen and oxygen atoms in total. The smallest absolute Gasteiger partial charge is 0.132 e. The van der Waals surface area contributed by atoms with Gasteiger partial charge >= 0.3 is 0 Å². The van der Waals surface area contributed by atoms with Crippen LogP contribution >= 0.6 is 0 Å². The Morgan fingerprint density at radius 1 is 0.762 bits per heavy atom. The van der Waals surface area contributed by atoms with Gasteiger partial charge < -0.3 is 14.7 Å². The number of rotatable bonds is 0. The monoisotopic (exact) mass is 293 g/mol. The Labute approximate surface area is 128 Å². The van der Waals surface area contributed by atoms with Crippen molar-refractivity contribution in [3.63, 3.8) is 0 Å². The highest BCUT2D eigenvalue weighted by atomic mass is 19.1. The number of hydrogen-bond donors (Lipinski definition) is 0. The van der Waals surface area contributed by atoms with Crippen molar-refractivity contribution in [2.24, 2.45) is 0 Å². The fourth-order valence-electron chi connectivity index (χ4n) is 2.95. The summed E-state index contributed by atoms with van der Waals surface area (Å²) in [5.41, 5.74) is 1.63. The topological polar surface area (TPSA) is 9.72 Å². The van der Waals surface area contributed by atoms with Crippen molar-refractivity contribution in [1.29, 1.82) is 0 Å². The Morgan fingerprint density at radius 2 is 1.19 bits per heavy atom. The number of benzene rings is 1. The highest BCUT2D eigenvalue weighted by molar-refractivity contribution is 5.26. The van der Waals surface area contributed by atoms with E-state index >= 15 is 0 Å². The molecule has 0 aromatic heterocycles. The summed E-state index contributed by atoms with van der Waals surface area (Å²) in [5.74, 6) is -0.0228. The van der Waals surface area contributed by atoms with Crippen LogP contribution in [0.4, 0.5) is 4.39 Å². The van der Waals surface area contributed by atoms with Crippen LogP contribution in [0.1, 0.15) is 24.0 Å². The highest BCUT2D eigenvalue weighted by Crippen LogP contribution is 2.16. The van der Waals surface area contributed by atoms with Crippen molar-refractivity contribution in [2.45, 2.75) is 25.9 Å². The van der Waals surface area contributed by atoms with Gasteiger partial charge in [-0.15, -0.1) is 0 Å². The van der Waals surface area contributed by atoms with Gasteiger partial charge in [0.1, 0.15) is 5.82 Å². The molecule has 0 atom stereocenters. The van der Waals surface area contributed by atoms with E-state index in [0.29, 0.717) is 13.1 Å². The molecule has 118 valence electrons. The van der Waals surface area contributed by atoms with E-state index in [2.05, 4.69) is 35.8 Å². The molecule has 21 heavy (non-hydrogen) atoms. The molecule has 2 bridgehead atoms. The second kappa shape index (κ2) is 7.87. The van der Waals surface area contributed by atoms with Gasteiger partial charge in [0.2, 0.25) is 0 Å². The Morgan fingerprint density at radius 3 is 1.67 bits per heavy atom. The standard InChI is InChI=1S/C17H28FN3/c1-19-9-5-11-20(2)13-15-7-4-8-16(17(15)18)14-21(3)12-6-10-19/h4,7-8H,5-6,9-14H2,1-3H3. The molecule has 0 saturated heterocycles. The zero-order valence-corrected chi connectivity index (χ0v) is 13.6. The molecule has 4 heteroatoms. The largest absolute Gasteiger partial charge is 0.306 e. The van der Waals surface area contributed by atoms with Crippen LogP contribution in [0.3, 0.4) is 0 Å². The molecule has 1 aliphatic heterocycles. The van der Waals surface area contributed by atoms with Crippen molar-refractivity contribution in [3.05, 3.63) is 35.1 Å². The maximum Gasteiger partial charge on any atom is 0.132 e. The second-order valence-corrected chi connectivity index (χ2v) is 6.38. The van der Waals surface area contributed by atoms with E-state index < -0.39 is 0 Å². The van der Waals surface area contributed by atoms with E-state index in [1.54, 1.807) is 0 Å². The molecule has 1 aromatic rings. The second-order valence-electron chi connectivity index (χ2n) is 6.38. The van der Waals surface area contributed by atoms with Crippen LogP contribution in [0.15, 0.2) is 18.2 Å². The fraction of sp³-hybridized carbons (Fsp3) is 0.647. The van der Waals surface area contributed by atoms with Crippen LogP contribution < -0.4 is 0 Å². The third-order valence-electron chi connectivity index (χ3n) is 4.20. The lowest BCUT2D eigenvalue weighted by atomic mass is 10.1. The summed E-state index contributed by atoms with van der Waals surface area (Å²) in [6.45, 7) is 5.61. The first-order chi connectivity index (χ1) is 10.1. The minimum Gasteiger partial charge on any atom is -0.306 e. The van der Waals surface area contributed by atoms with E-state index in [1.165, 1.54) is 0 Å². The summed E-state index contributed by atoms with van der Waals surface area (Å²) in [4.78, 5) is 6.82. The molecule has 0 saturated carbocycles. The first-order valence-corrected chi connectivity index (χ1v) is 7.88. The first-order valence-electron chi connectivity index (χ1n) is 7.88. The van der Waals surface area contributed by atoms with Gasteiger partial charge in [-0.1, -0.05) is 18.2 Å². The van der Waals surface area contributed by atoms with Crippen molar-refractivity contribution in [3.8, 4) is 0 Å². The summed E-state index contributed by atoms with van der Waals surface area (Å²) in [5, 5.41) is 0. The number of fused-ring (bicyclic) bond motifs is 2. The lowest BCUT2D eigenvalue weighted by Gasteiger charge is -2.24. The number of nitrogens with zero attached hydrogens (tertiary/aromatic N) is 3. The van der Waals surface area contributed by atoms with E-state index in [-0.39, 0.29) is 5.82 Å². The lowest BCUT2D eigenvalue weighted by Crippen LogP contribution is -2.29. The maximum absolute atomic E-state index is 14.6. The summed E-state index contributed by atoms with van der Waals surface area (Å²) in [6.07, 6.45) is 2.26. The summed E-state index contributed by atoms with van der Waals surface area (Å²) in [6, 6.07) is 5.80. The summed E-state index contributed by atoms with van der Waals surface area (Å²) >= 11 is 0. The molecule has 1 aromatic carbocycles. The summed E-state index contributed by atoms with van der Waals surface area (Å²) in [7, 11) is 6.34. The quantitative estimate of drug-likeness (QED) is 0.727. The molecule has 0 radical (unpaired) electrons. The van der Waals surface area contributed by atoms with Crippen LogP contribution in [-0.2, 0) is 13.1 Å². The van der Waals surface area contributed by atoms with Gasteiger partial charge in [-0.3, -0.25) is 0 Å². The average molecular weight is 293 g/mol. The average Bonchev–Trinajstić information content (AvgIpc) is 2.42. The molecule has 1 heterocycles. The molecule has 1 aliphatic rings. The SMILES string of the molecule is CN1CCCN(C)Cc2cccc(c2F)CN(C)CCC1. The van der Waals surface area contributed by atoms with Gasteiger partial charge in [0.25, 0.3) is 0 Å². The minimum absolute atomic E-state index is 0.0228. The highest BCUT2D eigenvalue weighted by Gasteiger charge is 2.12. The van der Waals surface area contributed by atoms with Crippen LogP contribution in [0.5, 0.6) is 0 Å². The third-order valence-corrected chi connectivity index (χ3v) is 4.20. The van der Waals surface area contributed by atoms with Crippen molar-refractivity contribution in [2.75, 3.05) is 47.3 Å². The van der Waals surface area contributed by atoms with E-state index in [4.69, 9.17) is 0 Å². The predicted molar refractivity (Wildman–Crippen MR) is 85.8 cm³/mol. The Kier molecular flexibility index (Phi) is 6.15. The zero-order chi connectivity index (χ0) is 15.2. The molecule has 0 spiro atoms. The van der Waals surface area contributed by atoms with Crippen LogP contribution in [0.25, 0.3) is 0 Å². The molecule has 0 unspecified atom stereocenters. The fourth-order valence-corrected chi connectivity index (χ4v) is 2.95. The summed E-state index contributed by atoms with van der Waals surface area (Å²) < 4.78 is 14.6. The molecule has 0 N–H and O–H groups in total. The minimum atomic E-state index is -0.0228. The van der Waals surface area contributed by atoms with Gasteiger partial charge in [0, 0.05) is 24.2 Å². The van der Waals surface area contributed by atoms with Gasteiger partial charge in [0.15, 0.2) is 0 Å². The molecule has 0 amide bonds. The number of halogens is 1. The van der Waals surface area contributed by atoms with E-state index in [1.807, 2.05) is 18.2 Å². The third kappa shape index (κ3) is 5.06. The van der Waals surface area contributed by atoms with Crippen LogP contribution in [0, 0.1) is 5.82 Å². The predicted octanol–water partition coefficient (Wildman–Crippen LogP) is 2.41. The lowest BCUT2D eigenvalue weighted by molar-refractivity contribution is 0.247. The molecular formula is C17H28FN3. The molecular weight excluding hydrogens is 265 g/mol. The number of hydrogen-bond acceptors (Lipinski definition) is 3. The molecule has 0 fully saturated rings. The van der Waals surface area contributed by atoms with Gasteiger partial charge in [0.05, 0.1) is 0 Å². The molecule has 0 aliphatic carbocycles. The Balaban J connectivity index is 2.14. The normalized spacial score (nSPS) is 21.1. The van der Waals surface area contributed by atoms with Gasteiger partial charge in [-0.25, -0.2) is 4.39 Å². The zero-order valence-electron chi connectivity index (χ0n) is 13.6. The maximum atomic E-state index is 14.6. The van der Waals surface area contributed by atoms with Crippen molar-refractivity contribution < 1.29 is 4.39 Å². The Bertz CT molecular complexity index is 413. The Hall–Kier alpha value is -0.970. The van der Waals surface area contributed by atoms with Crippen molar-refractivity contribution in [1.82, 2.24) is 14.7 Å². The van der Waals surface area contributed by atoms with Crippen LogP contribution in [0.2, 0.25) is 0 Å². The molecule has 2 rings (SSSR count). The van der Waals surface area contributed by atoms with E-state index in [9.17, 15) is 4.39 Å². The van der Waals surface area contributed by atoms with Crippen molar-refractivity contribution >= 4 is 0 Å². The van der Waals surface area contributed by atoms with Crippen LogP contribution in [-0.4, -0.2) is 62.0 Å². The van der Waals surface area contributed by atoms with Gasteiger partial charge in [-0.05, 0) is 60.2 Å². The van der Waals surface area contributed by atoms with E-state index in [0.717, 1.165) is 50.1 Å². The van der Waals surface area contributed by atoms with Gasteiger partial charge in [-0.2, -0.15) is 0 Å². The first kappa shape index (κ1) is 16.4.